The Bertz CT molecular complexity index is 754. The van der Waals surface area contributed by atoms with E-state index in [1.54, 1.807) is 12.4 Å². The first-order chi connectivity index (χ1) is 13.5. The van der Waals surface area contributed by atoms with E-state index < -0.39 is 0 Å². The number of carbonyl (C=O) groups is 1. The molecule has 5 heteroatoms. The van der Waals surface area contributed by atoms with E-state index in [0.717, 1.165) is 31.7 Å². The van der Waals surface area contributed by atoms with Crippen LogP contribution in [0.15, 0.2) is 42.7 Å². The molecule has 3 rings (SSSR count). The minimum Gasteiger partial charge on any atom is -0.368 e. The highest BCUT2D eigenvalue weighted by Crippen LogP contribution is 2.35. The largest absolute Gasteiger partial charge is 0.368 e. The second-order valence-corrected chi connectivity index (χ2v) is 8.08. The van der Waals surface area contributed by atoms with Gasteiger partial charge in [-0.15, -0.1) is 0 Å². The number of anilines is 1. The second kappa shape index (κ2) is 9.09. The highest BCUT2D eigenvalue weighted by Gasteiger charge is 2.25. The number of nitrogens with zero attached hydrogens (tertiary/aromatic N) is 3. The number of hydrogen-bond acceptors (Lipinski definition) is 3. The van der Waals surface area contributed by atoms with Crippen LogP contribution in [-0.4, -0.2) is 42.1 Å². The second-order valence-electron chi connectivity index (χ2n) is 8.08. The van der Waals surface area contributed by atoms with Crippen LogP contribution in [0.1, 0.15) is 56.2 Å². The van der Waals surface area contributed by atoms with Crippen molar-refractivity contribution in [3.8, 4) is 0 Å². The van der Waals surface area contributed by atoms with Crippen LogP contribution in [0.4, 0.5) is 10.5 Å². The van der Waals surface area contributed by atoms with Gasteiger partial charge in [0, 0.05) is 50.8 Å². The molecule has 0 spiro atoms. The topological polar surface area (TPSA) is 48.5 Å². The van der Waals surface area contributed by atoms with Crippen LogP contribution in [0, 0.1) is 0 Å². The van der Waals surface area contributed by atoms with Gasteiger partial charge < -0.3 is 15.1 Å². The van der Waals surface area contributed by atoms with Crippen molar-refractivity contribution >= 4 is 11.7 Å². The highest BCUT2D eigenvalue weighted by atomic mass is 16.2. The third-order valence-corrected chi connectivity index (χ3v) is 5.42. The Kier molecular flexibility index (Phi) is 6.55. The van der Waals surface area contributed by atoms with E-state index in [4.69, 9.17) is 0 Å². The fourth-order valence-corrected chi connectivity index (χ4v) is 3.80. The molecule has 0 bridgehead atoms. The minimum absolute atomic E-state index is 0.0118. The molecular weight excluding hydrogens is 348 g/mol. The summed E-state index contributed by atoms with van der Waals surface area (Å²) in [5.74, 6) is 0.964. The van der Waals surface area contributed by atoms with E-state index >= 15 is 0 Å². The van der Waals surface area contributed by atoms with Crippen molar-refractivity contribution in [3.63, 3.8) is 0 Å². The molecule has 1 aromatic carbocycles. The van der Waals surface area contributed by atoms with Crippen LogP contribution in [0.5, 0.6) is 0 Å². The van der Waals surface area contributed by atoms with Crippen LogP contribution < -0.4 is 10.2 Å². The molecule has 2 heterocycles. The Morgan fingerprint density at radius 2 is 1.54 bits per heavy atom. The number of carbonyl (C=O) groups excluding carboxylic acids is 1. The number of para-hydroxylation sites is 1. The van der Waals surface area contributed by atoms with Gasteiger partial charge in [0.2, 0.25) is 0 Å². The van der Waals surface area contributed by atoms with Crippen molar-refractivity contribution in [1.82, 2.24) is 15.2 Å². The molecule has 0 unspecified atom stereocenters. The summed E-state index contributed by atoms with van der Waals surface area (Å²) in [6.45, 7) is 12.8. The summed E-state index contributed by atoms with van der Waals surface area (Å²) in [5.41, 5.74) is 5.25. The Labute approximate surface area is 168 Å². The lowest BCUT2D eigenvalue weighted by molar-refractivity contribution is 0.194. The van der Waals surface area contributed by atoms with E-state index in [0.29, 0.717) is 18.4 Å². The fourth-order valence-electron chi connectivity index (χ4n) is 3.80. The molecule has 1 saturated heterocycles. The van der Waals surface area contributed by atoms with Crippen molar-refractivity contribution in [2.24, 2.45) is 0 Å². The smallest absolute Gasteiger partial charge is 0.317 e. The summed E-state index contributed by atoms with van der Waals surface area (Å²) < 4.78 is 0. The molecule has 2 amide bonds. The first-order valence-corrected chi connectivity index (χ1v) is 10.3. The van der Waals surface area contributed by atoms with E-state index in [-0.39, 0.29) is 6.03 Å². The van der Waals surface area contributed by atoms with Crippen LogP contribution >= 0.6 is 0 Å². The van der Waals surface area contributed by atoms with Gasteiger partial charge in [0.15, 0.2) is 0 Å². The Morgan fingerprint density at radius 3 is 2.07 bits per heavy atom. The lowest BCUT2D eigenvalue weighted by Crippen LogP contribution is -2.52. The maximum absolute atomic E-state index is 12.5. The van der Waals surface area contributed by atoms with E-state index in [1.807, 2.05) is 17.0 Å². The summed E-state index contributed by atoms with van der Waals surface area (Å²) in [6, 6.07) is 10.5. The van der Waals surface area contributed by atoms with Crippen LogP contribution in [0.2, 0.25) is 0 Å². The molecule has 2 aromatic rings. The maximum Gasteiger partial charge on any atom is 0.317 e. The van der Waals surface area contributed by atoms with Crippen molar-refractivity contribution in [2.45, 2.75) is 46.1 Å². The molecule has 1 aliphatic rings. The molecule has 1 aliphatic heterocycles. The quantitative estimate of drug-likeness (QED) is 0.838. The van der Waals surface area contributed by atoms with Gasteiger partial charge in [-0.05, 0) is 40.7 Å². The zero-order valence-electron chi connectivity index (χ0n) is 17.5. The van der Waals surface area contributed by atoms with Crippen LogP contribution in [-0.2, 0) is 6.54 Å². The average molecular weight is 381 g/mol. The highest BCUT2D eigenvalue weighted by molar-refractivity contribution is 5.74. The average Bonchev–Trinajstić information content (AvgIpc) is 2.72. The van der Waals surface area contributed by atoms with E-state index in [9.17, 15) is 4.79 Å². The number of pyridine rings is 1. The van der Waals surface area contributed by atoms with Crippen LogP contribution in [0.25, 0.3) is 0 Å². The van der Waals surface area contributed by atoms with Gasteiger partial charge in [0.05, 0.1) is 0 Å². The van der Waals surface area contributed by atoms with Gasteiger partial charge in [-0.2, -0.15) is 0 Å². The van der Waals surface area contributed by atoms with Crippen LogP contribution in [0.3, 0.4) is 0 Å². The molecule has 28 heavy (non-hydrogen) atoms. The van der Waals surface area contributed by atoms with Gasteiger partial charge in [0.1, 0.15) is 0 Å². The first-order valence-electron chi connectivity index (χ1n) is 10.3. The lowest BCUT2D eigenvalue weighted by atomic mass is 9.91. The van der Waals surface area contributed by atoms with Gasteiger partial charge in [-0.25, -0.2) is 4.79 Å². The lowest BCUT2D eigenvalue weighted by Gasteiger charge is -2.39. The van der Waals surface area contributed by atoms with Gasteiger partial charge in [0.25, 0.3) is 0 Å². The number of aromatic nitrogens is 1. The fraction of sp³-hybridized carbons (Fsp3) is 0.478. The summed E-state index contributed by atoms with van der Waals surface area (Å²) in [7, 11) is 0. The minimum atomic E-state index is 0.0118. The first kappa shape index (κ1) is 20.2. The summed E-state index contributed by atoms with van der Waals surface area (Å²) in [4.78, 5) is 20.9. The predicted molar refractivity (Wildman–Crippen MR) is 115 cm³/mol. The SMILES string of the molecule is CC(C)c1cccc(C(C)C)c1N1CCN(C(=O)NCc2ccncc2)CC1. The number of urea groups is 1. The predicted octanol–water partition coefficient (Wildman–Crippen LogP) is 4.36. The van der Waals surface area contributed by atoms with Gasteiger partial charge >= 0.3 is 6.03 Å². The summed E-state index contributed by atoms with van der Waals surface area (Å²) in [6.07, 6.45) is 3.50. The Morgan fingerprint density at radius 1 is 0.964 bits per heavy atom. The maximum atomic E-state index is 12.5. The zero-order chi connectivity index (χ0) is 20.1. The Balaban J connectivity index is 1.64. The number of benzene rings is 1. The number of rotatable bonds is 5. The summed E-state index contributed by atoms with van der Waals surface area (Å²) in [5, 5.41) is 3.02. The molecular formula is C23H32N4O. The molecule has 1 fully saturated rings. The molecule has 1 N–H and O–H groups in total. The van der Waals surface area contributed by atoms with E-state index in [1.165, 1.54) is 16.8 Å². The zero-order valence-corrected chi connectivity index (χ0v) is 17.5. The van der Waals surface area contributed by atoms with Crippen molar-refractivity contribution in [3.05, 3.63) is 59.4 Å². The molecule has 5 nitrogen and oxygen atoms in total. The summed E-state index contributed by atoms with van der Waals surface area (Å²) >= 11 is 0. The number of piperazine rings is 1. The normalized spacial score (nSPS) is 14.6. The molecule has 0 radical (unpaired) electrons. The van der Waals surface area contributed by atoms with Crippen molar-refractivity contribution in [2.75, 3.05) is 31.1 Å². The monoisotopic (exact) mass is 380 g/mol. The number of nitrogens with one attached hydrogen (secondary N) is 1. The van der Waals surface area contributed by atoms with Gasteiger partial charge in [-0.3, -0.25) is 4.98 Å². The van der Waals surface area contributed by atoms with Gasteiger partial charge in [-0.1, -0.05) is 45.9 Å². The van der Waals surface area contributed by atoms with E-state index in [2.05, 4.69) is 61.1 Å². The molecule has 1 aromatic heterocycles. The third-order valence-electron chi connectivity index (χ3n) is 5.42. The molecule has 0 saturated carbocycles. The number of hydrogen-bond donors (Lipinski definition) is 1. The molecule has 150 valence electrons. The molecule has 0 aliphatic carbocycles. The third kappa shape index (κ3) is 4.64. The standard InChI is InChI=1S/C23H32N4O/c1-17(2)20-6-5-7-21(18(3)4)22(20)26-12-14-27(15-13-26)23(28)25-16-19-8-10-24-11-9-19/h5-11,17-18H,12-16H2,1-4H3,(H,25,28). The number of amides is 2. The Hall–Kier alpha value is -2.56. The van der Waals surface area contributed by atoms with Crippen molar-refractivity contribution in [1.29, 1.82) is 0 Å². The van der Waals surface area contributed by atoms with Crippen molar-refractivity contribution < 1.29 is 4.79 Å². The molecule has 0 atom stereocenters.